The van der Waals surface area contributed by atoms with Crippen molar-refractivity contribution < 1.29 is 9.53 Å². The van der Waals surface area contributed by atoms with E-state index in [-0.39, 0.29) is 0 Å². The number of hydrogen-bond acceptors (Lipinski definition) is 5. The van der Waals surface area contributed by atoms with Gasteiger partial charge in [-0.2, -0.15) is 5.10 Å². The Morgan fingerprint density at radius 1 is 1.85 bits per heavy atom. The lowest BCUT2D eigenvalue weighted by atomic mass is 9.92. The standard InChI is InChI=1S/C7H14N4O2/c1-7(8)4-11(6(12)13-3)5(7)10-9-2/h9H,4,8H2,1-3H3/b10-5+. The molecule has 0 spiro atoms. The Morgan fingerprint density at radius 2 is 2.46 bits per heavy atom. The first-order valence-corrected chi connectivity index (χ1v) is 3.92. The van der Waals surface area contributed by atoms with E-state index < -0.39 is 11.6 Å². The number of nitrogens with two attached hydrogens (primary N) is 1. The minimum atomic E-state index is -0.544. The molecule has 1 fully saturated rings. The normalized spacial score (nSPS) is 29.8. The molecule has 74 valence electrons. The van der Waals surface area contributed by atoms with Gasteiger partial charge in [0.1, 0.15) is 0 Å². The summed E-state index contributed by atoms with van der Waals surface area (Å²) < 4.78 is 4.55. The van der Waals surface area contributed by atoms with Crippen LogP contribution in [0.25, 0.3) is 0 Å². The zero-order valence-corrected chi connectivity index (χ0v) is 8.00. The molecule has 0 aromatic rings. The molecule has 3 N–H and O–H groups in total. The van der Waals surface area contributed by atoms with Crippen LogP contribution < -0.4 is 11.2 Å². The first kappa shape index (κ1) is 9.79. The maximum atomic E-state index is 11.1. The molecular weight excluding hydrogens is 172 g/mol. The summed E-state index contributed by atoms with van der Waals surface area (Å²) in [5.74, 6) is 0.502. The fraction of sp³-hybridized carbons (Fsp3) is 0.714. The molecule has 1 heterocycles. The van der Waals surface area contributed by atoms with Crippen molar-refractivity contribution in [3.63, 3.8) is 0 Å². The van der Waals surface area contributed by atoms with Crippen LogP contribution in [0.2, 0.25) is 0 Å². The van der Waals surface area contributed by atoms with Crippen LogP contribution in [-0.4, -0.2) is 43.1 Å². The van der Waals surface area contributed by atoms with Crippen LogP contribution in [0.15, 0.2) is 5.10 Å². The Labute approximate surface area is 76.7 Å². The van der Waals surface area contributed by atoms with E-state index >= 15 is 0 Å². The Morgan fingerprint density at radius 3 is 2.85 bits per heavy atom. The molecule has 1 rings (SSSR count). The predicted octanol–water partition coefficient (Wildman–Crippen LogP) is -0.681. The Kier molecular flexibility index (Phi) is 2.42. The van der Waals surface area contributed by atoms with E-state index in [1.54, 1.807) is 7.05 Å². The van der Waals surface area contributed by atoms with Gasteiger partial charge in [-0.3, -0.25) is 4.90 Å². The number of carbonyl (C=O) groups excluding carboxylic acids is 1. The maximum Gasteiger partial charge on any atom is 0.415 e. The number of nitrogens with one attached hydrogen (secondary N) is 1. The van der Waals surface area contributed by atoms with Crippen LogP contribution in [0.4, 0.5) is 4.79 Å². The SMILES string of the molecule is CN/N=C1/N(C(=O)OC)CC1(C)N. The maximum absolute atomic E-state index is 11.1. The number of likely N-dealkylation sites (tertiary alicyclic amines) is 1. The summed E-state index contributed by atoms with van der Waals surface area (Å²) in [6, 6.07) is 0. The van der Waals surface area contributed by atoms with Crippen molar-refractivity contribution in [1.29, 1.82) is 0 Å². The van der Waals surface area contributed by atoms with Crippen molar-refractivity contribution in [2.24, 2.45) is 10.8 Å². The number of hydrazone groups is 1. The molecule has 6 heteroatoms. The van der Waals surface area contributed by atoms with E-state index in [0.717, 1.165) is 0 Å². The van der Waals surface area contributed by atoms with Crippen LogP contribution >= 0.6 is 0 Å². The first-order chi connectivity index (χ1) is 6.03. The second-order valence-corrected chi connectivity index (χ2v) is 3.13. The Hall–Kier alpha value is -1.30. The van der Waals surface area contributed by atoms with Crippen LogP contribution in [0.3, 0.4) is 0 Å². The zero-order chi connectivity index (χ0) is 10.1. The molecule has 1 atom stereocenters. The molecule has 0 saturated carbocycles. The third-order valence-electron chi connectivity index (χ3n) is 1.87. The number of carbonyl (C=O) groups is 1. The third kappa shape index (κ3) is 1.57. The Bertz CT molecular complexity index is 249. The topological polar surface area (TPSA) is 80.0 Å². The van der Waals surface area contributed by atoms with Crippen molar-refractivity contribution >= 4 is 11.9 Å². The molecule has 0 aromatic carbocycles. The Balaban J connectivity index is 2.74. The van der Waals surface area contributed by atoms with Gasteiger partial charge in [0, 0.05) is 7.05 Å². The quantitative estimate of drug-likeness (QED) is 0.532. The molecule has 0 aromatic heterocycles. The molecule has 1 unspecified atom stereocenters. The molecule has 0 radical (unpaired) electrons. The summed E-state index contributed by atoms with van der Waals surface area (Å²) in [4.78, 5) is 12.5. The molecule has 1 aliphatic heterocycles. The van der Waals surface area contributed by atoms with Crippen LogP contribution in [0.5, 0.6) is 0 Å². The fourth-order valence-corrected chi connectivity index (χ4v) is 1.25. The van der Waals surface area contributed by atoms with E-state index in [4.69, 9.17) is 5.73 Å². The average molecular weight is 186 g/mol. The van der Waals surface area contributed by atoms with E-state index in [0.29, 0.717) is 12.4 Å². The lowest BCUT2D eigenvalue weighted by Crippen LogP contribution is -2.71. The first-order valence-electron chi connectivity index (χ1n) is 3.92. The highest BCUT2D eigenvalue weighted by Crippen LogP contribution is 2.21. The molecule has 6 nitrogen and oxygen atoms in total. The molecule has 1 aliphatic rings. The lowest BCUT2D eigenvalue weighted by Gasteiger charge is -2.44. The smallest absolute Gasteiger partial charge is 0.415 e. The van der Waals surface area contributed by atoms with Gasteiger partial charge in [-0.05, 0) is 6.92 Å². The molecule has 13 heavy (non-hydrogen) atoms. The molecule has 0 aliphatic carbocycles. The summed E-state index contributed by atoms with van der Waals surface area (Å²) in [5.41, 5.74) is 7.86. The summed E-state index contributed by atoms with van der Waals surface area (Å²) in [6.07, 6.45) is -0.433. The second kappa shape index (κ2) is 3.21. The van der Waals surface area contributed by atoms with E-state index in [1.807, 2.05) is 6.92 Å². The summed E-state index contributed by atoms with van der Waals surface area (Å²) >= 11 is 0. The highest BCUT2D eigenvalue weighted by molar-refractivity contribution is 6.06. The van der Waals surface area contributed by atoms with Gasteiger partial charge in [0.15, 0.2) is 5.84 Å². The molecule has 1 saturated heterocycles. The predicted molar refractivity (Wildman–Crippen MR) is 48.2 cm³/mol. The van der Waals surface area contributed by atoms with Crippen molar-refractivity contribution in [2.75, 3.05) is 20.7 Å². The van der Waals surface area contributed by atoms with Crippen LogP contribution in [-0.2, 0) is 4.74 Å². The number of hydrogen-bond donors (Lipinski definition) is 2. The van der Waals surface area contributed by atoms with Gasteiger partial charge in [-0.25, -0.2) is 4.79 Å². The van der Waals surface area contributed by atoms with E-state index in [1.165, 1.54) is 12.0 Å². The fourth-order valence-electron chi connectivity index (χ4n) is 1.25. The second-order valence-electron chi connectivity index (χ2n) is 3.13. The highest BCUT2D eigenvalue weighted by atomic mass is 16.5. The molecular formula is C7H14N4O2. The van der Waals surface area contributed by atoms with Gasteiger partial charge in [0.2, 0.25) is 0 Å². The zero-order valence-electron chi connectivity index (χ0n) is 8.00. The van der Waals surface area contributed by atoms with Crippen LogP contribution in [0.1, 0.15) is 6.92 Å². The van der Waals surface area contributed by atoms with E-state index in [2.05, 4.69) is 15.3 Å². The third-order valence-corrected chi connectivity index (χ3v) is 1.87. The van der Waals surface area contributed by atoms with Crippen molar-refractivity contribution in [2.45, 2.75) is 12.5 Å². The summed E-state index contributed by atoms with van der Waals surface area (Å²) in [5, 5.41) is 3.90. The van der Waals surface area contributed by atoms with Gasteiger partial charge in [-0.1, -0.05) is 0 Å². The number of nitrogens with zero attached hydrogens (tertiary/aromatic N) is 2. The minimum Gasteiger partial charge on any atom is -0.452 e. The van der Waals surface area contributed by atoms with Gasteiger partial charge < -0.3 is 15.9 Å². The number of rotatable bonds is 1. The summed E-state index contributed by atoms with van der Waals surface area (Å²) in [7, 11) is 2.97. The lowest BCUT2D eigenvalue weighted by molar-refractivity contribution is 0.126. The molecule has 0 bridgehead atoms. The van der Waals surface area contributed by atoms with Gasteiger partial charge >= 0.3 is 6.09 Å². The minimum absolute atomic E-state index is 0.431. The van der Waals surface area contributed by atoms with E-state index in [9.17, 15) is 4.79 Å². The van der Waals surface area contributed by atoms with Gasteiger partial charge in [0.05, 0.1) is 19.2 Å². The number of amidine groups is 1. The number of ether oxygens (including phenoxy) is 1. The highest BCUT2D eigenvalue weighted by Gasteiger charge is 2.46. The number of amides is 1. The monoisotopic (exact) mass is 186 g/mol. The van der Waals surface area contributed by atoms with Gasteiger partial charge in [-0.15, -0.1) is 0 Å². The number of methoxy groups -OCH3 is 1. The van der Waals surface area contributed by atoms with Gasteiger partial charge in [0.25, 0.3) is 0 Å². The van der Waals surface area contributed by atoms with Crippen molar-refractivity contribution in [3.05, 3.63) is 0 Å². The summed E-state index contributed by atoms with van der Waals surface area (Å²) in [6.45, 7) is 2.24. The largest absolute Gasteiger partial charge is 0.452 e. The van der Waals surface area contributed by atoms with Crippen molar-refractivity contribution in [1.82, 2.24) is 10.3 Å². The van der Waals surface area contributed by atoms with Crippen molar-refractivity contribution in [3.8, 4) is 0 Å². The average Bonchev–Trinajstić information content (AvgIpc) is 2.09. The molecule has 1 amide bonds. The van der Waals surface area contributed by atoms with Crippen LogP contribution in [0, 0.1) is 0 Å².